The summed E-state index contributed by atoms with van der Waals surface area (Å²) in [6, 6.07) is 17.7. The van der Waals surface area contributed by atoms with E-state index < -0.39 is 0 Å². The summed E-state index contributed by atoms with van der Waals surface area (Å²) in [5.74, 6) is 0.683. The first-order valence-electron chi connectivity index (χ1n) is 8.22. The molecule has 0 fully saturated rings. The Morgan fingerprint density at radius 1 is 1.04 bits per heavy atom. The van der Waals surface area contributed by atoms with E-state index in [0.29, 0.717) is 23.8 Å². The first-order valence-corrected chi connectivity index (χ1v) is 8.59. The molecule has 128 valence electrons. The molecule has 4 nitrogen and oxygen atoms in total. The van der Waals surface area contributed by atoms with Gasteiger partial charge in [0.25, 0.3) is 0 Å². The lowest BCUT2D eigenvalue weighted by atomic mass is 10.1. The number of benzene rings is 2. The van der Waals surface area contributed by atoms with E-state index in [1.165, 1.54) is 5.56 Å². The van der Waals surface area contributed by atoms with E-state index in [2.05, 4.69) is 41.6 Å². The molecule has 0 radical (unpaired) electrons. The number of rotatable bonds is 6. The number of carbonyl (C=O) groups is 1. The molecule has 3 rings (SSSR count). The van der Waals surface area contributed by atoms with Gasteiger partial charge in [-0.05, 0) is 36.6 Å². The molecule has 1 aromatic heterocycles. The largest absolute Gasteiger partial charge is 0.311 e. The molecular weight excluding hydrogens is 334 g/mol. The van der Waals surface area contributed by atoms with Gasteiger partial charge in [0.1, 0.15) is 5.82 Å². The number of nitrogens with zero attached hydrogens (tertiary/aromatic N) is 2. The molecule has 1 amide bonds. The minimum absolute atomic E-state index is 0.0153. The second-order valence-corrected chi connectivity index (χ2v) is 6.47. The van der Waals surface area contributed by atoms with Gasteiger partial charge in [0.15, 0.2) is 0 Å². The summed E-state index contributed by atoms with van der Waals surface area (Å²) in [5, 5.41) is 7.93. The summed E-state index contributed by atoms with van der Waals surface area (Å²) in [6.07, 6.45) is 2.85. The third kappa shape index (κ3) is 4.94. The standard InChI is InChI=1S/C20H20ClN3O/c1-15-2-4-16(5-3-15)8-11-20(25)23-19-12-13-22-24(19)14-17-6-9-18(21)10-7-17/h2-7,9-10,12-13H,8,11,14H2,1H3,(H,23,25). The first-order chi connectivity index (χ1) is 12.1. The Morgan fingerprint density at radius 3 is 2.44 bits per heavy atom. The predicted molar refractivity (Wildman–Crippen MR) is 101 cm³/mol. The zero-order chi connectivity index (χ0) is 17.6. The highest BCUT2D eigenvalue weighted by molar-refractivity contribution is 6.30. The number of hydrogen-bond acceptors (Lipinski definition) is 2. The van der Waals surface area contributed by atoms with Crippen molar-refractivity contribution in [3.63, 3.8) is 0 Å². The van der Waals surface area contributed by atoms with Crippen molar-refractivity contribution in [2.24, 2.45) is 0 Å². The number of aryl methyl sites for hydroxylation is 2. The van der Waals surface area contributed by atoms with Crippen molar-refractivity contribution in [3.8, 4) is 0 Å². The van der Waals surface area contributed by atoms with E-state index in [9.17, 15) is 4.79 Å². The molecule has 0 saturated carbocycles. The maximum Gasteiger partial charge on any atom is 0.225 e. The van der Waals surface area contributed by atoms with Crippen LogP contribution in [0.15, 0.2) is 60.8 Å². The number of amides is 1. The molecule has 0 aliphatic heterocycles. The van der Waals surface area contributed by atoms with Crippen molar-refractivity contribution in [2.45, 2.75) is 26.3 Å². The van der Waals surface area contributed by atoms with E-state index in [1.807, 2.05) is 24.3 Å². The molecule has 1 N–H and O–H groups in total. The average molecular weight is 354 g/mol. The molecule has 3 aromatic rings. The van der Waals surface area contributed by atoms with Gasteiger partial charge in [-0.15, -0.1) is 0 Å². The van der Waals surface area contributed by atoms with E-state index >= 15 is 0 Å². The van der Waals surface area contributed by atoms with E-state index in [4.69, 9.17) is 11.6 Å². The molecule has 0 saturated heterocycles. The molecule has 5 heteroatoms. The van der Waals surface area contributed by atoms with Crippen LogP contribution in [-0.4, -0.2) is 15.7 Å². The minimum Gasteiger partial charge on any atom is -0.311 e. The quantitative estimate of drug-likeness (QED) is 0.711. The number of nitrogens with one attached hydrogen (secondary N) is 1. The Hall–Kier alpha value is -2.59. The maximum absolute atomic E-state index is 12.2. The molecule has 0 unspecified atom stereocenters. The van der Waals surface area contributed by atoms with Crippen molar-refractivity contribution in [1.29, 1.82) is 0 Å². The number of carbonyl (C=O) groups excluding carboxylic acids is 1. The van der Waals surface area contributed by atoms with Crippen LogP contribution in [-0.2, 0) is 17.8 Å². The van der Waals surface area contributed by atoms with Gasteiger partial charge >= 0.3 is 0 Å². The highest BCUT2D eigenvalue weighted by Crippen LogP contribution is 2.14. The predicted octanol–water partition coefficient (Wildman–Crippen LogP) is 4.46. The highest BCUT2D eigenvalue weighted by Gasteiger charge is 2.08. The summed E-state index contributed by atoms with van der Waals surface area (Å²) in [5.41, 5.74) is 3.46. The molecule has 2 aromatic carbocycles. The Bertz CT molecular complexity index is 838. The van der Waals surface area contributed by atoms with E-state index in [-0.39, 0.29) is 5.91 Å². The molecule has 0 aliphatic carbocycles. The second-order valence-electron chi connectivity index (χ2n) is 6.03. The number of anilines is 1. The lowest BCUT2D eigenvalue weighted by Gasteiger charge is -2.09. The summed E-state index contributed by atoms with van der Waals surface area (Å²) in [7, 11) is 0. The zero-order valence-corrected chi connectivity index (χ0v) is 14.8. The van der Waals surface area contributed by atoms with Crippen molar-refractivity contribution in [2.75, 3.05) is 5.32 Å². The van der Waals surface area contributed by atoms with Crippen molar-refractivity contribution in [3.05, 3.63) is 82.5 Å². The summed E-state index contributed by atoms with van der Waals surface area (Å²) >= 11 is 5.91. The molecular formula is C20H20ClN3O. The molecule has 0 bridgehead atoms. The van der Waals surface area contributed by atoms with E-state index in [0.717, 1.165) is 17.5 Å². The van der Waals surface area contributed by atoms with Crippen LogP contribution in [0, 0.1) is 6.92 Å². The second kappa shape index (κ2) is 7.99. The van der Waals surface area contributed by atoms with Crippen LogP contribution in [0.5, 0.6) is 0 Å². The lowest BCUT2D eigenvalue weighted by Crippen LogP contribution is -2.16. The van der Waals surface area contributed by atoms with Gasteiger partial charge in [-0.1, -0.05) is 53.6 Å². The Morgan fingerprint density at radius 2 is 1.72 bits per heavy atom. The first kappa shape index (κ1) is 17.2. The number of hydrogen-bond donors (Lipinski definition) is 1. The molecule has 1 heterocycles. The van der Waals surface area contributed by atoms with Crippen molar-refractivity contribution < 1.29 is 4.79 Å². The van der Waals surface area contributed by atoms with Gasteiger partial charge in [-0.3, -0.25) is 4.79 Å². The molecule has 0 aliphatic rings. The Balaban J connectivity index is 1.57. The number of aromatic nitrogens is 2. The summed E-state index contributed by atoms with van der Waals surface area (Å²) in [6.45, 7) is 2.63. The third-order valence-electron chi connectivity index (χ3n) is 3.99. The highest BCUT2D eigenvalue weighted by atomic mass is 35.5. The number of halogens is 1. The van der Waals surface area contributed by atoms with Crippen molar-refractivity contribution in [1.82, 2.24) is 9.78 Å². The summed E-state index contributed by atoms with van der Waals surface area (Å²) in [4.78, 5) is 12.2. The summed E-state index contributed by atoms with van der Waals surface area (Å²) < 4.78 is 1.77. The van der Waals surface area contributed by atoms with Gasteiger partial charge in [0.05, 0.1) is 12.7 Å². The third-order valence-corrected chi connectivity index (χ3v) is 4.24. The average Bonchev–Trinajstić information content (AvgIpc) is 3.03. The van der Waals surface area contributed by atoms with Crippen LogP contribution >= 0.6 is 11.6 Å². The van der Waals surface area contributed by atoms with E-state index in [1.54, 1.807) is 16.9 Å². The monoisotopic (exact) mass is 353 g/mol. The van der Waals surface area contributed by atoms with Crippen LogP contribution in [0.4, 0.5) is 5.82 Å². The van der Waals surface area contributed by atoms with Crippen LogP contribution in [0.3, 0.4) is 0 Å². The SMILES string of the molecule is Cc1ccc(CCC(=O)Nc2ccnn2Cc2ccc(Cl)cc2)cc1. The zero-order valence-electron chi connectivity index (χ0n) is 14.1. The Kier molecular flexibility index (Phi) is 5.51. The van der Waals surface area contributed by atoms with Crippen LogP contribution in [0.1, 0.15) is 23.1 Å². The van der Waals surface area contributed by atoms with Crippen molar-refractivity contribution >= 4 is 23.3 Å². The fourth-order valence-electron chi connectivity index (χ4n) is 2.55. The fourth-order valence-corrected chi connectivity index (χ4v) is 2.67. The Labute approximate surface area is 152 Å². The maximum atomic E-state index is 12.2. The van der Waals surface area contributed by atoms with Gasteiger partial charge in [0.2, 0.25) is 5.91 Å². The lowest BCUT2D eigenvalue weighted by molar-refractivity contribution is -0.116. The van der Waals surface area contributed by atoms with Crippen LogP contribution in [0.2, 0.25) is 5.02 Å². The molecule has 0 atom stereocenters. The van der Waals surface area contributed by atoms with Gasteiger partial charge in [-0.2, -0.15) is 5.10 Å². The van der Waals surface area contributed by atoms with Crippen LogP contribution < -0.4 is 5.32 Å². The van der Waals surface area contributed by atoms with Crippen LogP contribution in [0.25, 0.3) is 0 Å². The fraction of sp³-hybridized carbons (Fsp3) is 0.200. The topological polar surface area (TPSA) is 46.9 Å². The smallest absolute Gasteiger partial charge is 0.225 e. The van der Waals surface area contributed by atoms with Gasteiger partial charge in [-0.25, -0.2) is 4.68 Å². The molecule has 25 heavy (non-hydrogen) atoms. The minimum atomic E-state index is -0.0153. The van der Waals surface area contributed by atoms with Gasteiger partial charge in [0, 0.05) is 17.5 Å². The molecule has 0 spiro atoms. The normalized spacial score (nSPS) is 10.6. The van der Waals surface area contributed by atoms with Gasteiger partial charge < -0.3 is 5.32 Å².